The van der Waals surface area contributed by atoms with Crippen LogP contribution in [0.1, 0.15) is 16.2 Å². The van der Waals surface area contributed by atoms with Gasteiger partial charge < -0.3 is 20.4 Å². The fourth-order valence-electron chi connectivity index (χ4n) is 3.16. The van der Waals surface area contributed by atoms with E-state index in [4.69, 9.17) is 0 Å². The highest BCUT2D eigenvalue weighted by molar-refractivity contribution is 6.04. The second-order valence-corrected chi connectivity index (χ2v) is 7.19. The summed E-state index contributed by atoms with van der Waals surface area (Å²) < 4.78 is 0. The number of pyridine rings is 1. The normalized spacial score (nSPS) is 14.2. The predicted octanol–water partition coefficient (Wildman–Crippen LogP) is 2.66. The number of piperazine rings is 1. The van der Waals surface area contributed by atoms with Crippen LogP contribution in [0.3, 0.4) is 0 Å². The quantitative estimate of drug-likeness (QED) is 0.633. The number of nitrogens with one attached hydrogen (secondary N) is 2. The number of likely N-dealkylation sites (N-methyl/N-ethyl adjacent to an activating group) is 1. The Hall–Kier alpha value is -3.85. The van der Waals surface area contributed by atoms with Crippen molar-refractivity contribution in [2.24, 2.45) is 0 Å². The van der Waals surface area contributed by atoms with Crippen LogP contribution in [-0.2, 0) is 0 Å². The molecule has 0 bridgehead atoms. The van der Waals surface area contributed by atoms with Crippen LogP contribution in [0.4, 0.5) is 23.4 Å². The molecule has 3 aromatic rings. The van der Waals surface area contributed by atoms with Gasteiger partial charge in [0.1, 0.15) is 5.82 Å². The van der Waals surface area contributed by atoms with Gasteiger partial charge in [0.05, 0.1) is 0 Å². The van der Waals surface area contributed by atoms with Crippen molar-refractivity contribution in [1.82, 2.24) is 24.8 Å². The molecule has 3 heterocycles. The summed E-state index contributed by atoms with van der Waals surface area (Å²) in [5.74, 6) is 1.67. The van der Waals surface area contributed by atoms with Crippen molar-refractivity contribution in [1.29, 1.82) is 0 Å². The molecule has 0 spiro atoms. The van der Waals surface area contributed by atoms with E-state index < -0.39 is 0 Å². The van der Waals surface area contributed by atoms with E-state index in [0.717, 1.165) is 31.9 Å². The molecule has 1 saturated heterocycles. The first-order valence-electron chi connectivity index (χ1n) is 10.0. The lowest BCUT2D eigenvalue weighted by atomic mass is 10.2. The van der Waals surface area contributed by atoms with Crippen molar-refractivity contribution in [2.75, 3.05) is 48.8 Å². The van der Waals surface area contributed by atoms with Crippen LogP contribution < -0.4 is 15.5 Å². The van der Waals surface area contributed by atoms with Gasteiger partial charge in [-0.05, 0) is 37.4 Å². The Labute approximate surface area is 180 Å². The van der Waals surface area contributed by atoms with Crippen LogP contribution in [0.25, 0.3) is 6.08 Å². The molecular formula is C22H24N8O. The highest BCUT2D eigenvalue weighted by Crippen LogP contribution is 2.18. The summed E-state index contributed by atoms with van der Waals surface area (Å²) in [6, 6.07) is 12.6. The maximum atomic E-state index is 12.6. The number of hydrogen-bond acceptors (Lipinski definition) is 8. The van der Waals surface area contributed by atoms with Crippen LogP contribution >= 0.6 is 0 Å². The molecule has 1 aromatic carbocycles. The number of amides is 1. The molecule has 1 aliphatic rings. The van der Waals surface area contributed by atoms with Gasteiger partial charge in [0.15, 0.2) is 5.82 Å². The molecule has 9 nitrogen and oxygen atoms in total. The first-order chi connectivity index (χ1) is 15.1. The first kappa shape index (κ1) is 20.4. The third-order valence-corrected chi connectivity index (χ3v) is 4.90. The molecule has 0 unspecified atom stereocenters. The summed E-state index contributed by atoms with van der Waals surface area (Å²) in [6.45, 7) is 7.34. The maximum Gasteiger partial charge on any atom is 0.255 e. The molecule has 0 saturated carbocycles. The number of nitrogens with zero attached hydrogens (tertiary/aromatic N) is 6. The zero-order valence-electron chi connectivity index (χ0n) is 17.3. The number of benzene rings is 1. The average molecular weight is 416 g/mol. The number of hydrogen-bond donors (Lipinski definition) is 2. The summed E-state index contributed by atoms with van der Waals surface area (Å²) in [4.78, 5) is 34.7. The smallest absolute Gasteiger partial charge is 0.255 e. The van der Waals surface area contributed by atoms with Crippen molar-refractivity contribution in [3.8, 4) is 0 Å². The van der Waals surface area contributed by atoms with Gasteiger partial charge in [0.25, 0.3) is 5.91 Å². The molecule has 9 heteroatoms. The van der Waals surface area contributed by atoms with Gasteiger partial charge in [-0.3, -0.25) is 4.79 Å². The number of carbonyl (C=O) groups is 1. The van der Waals surface area contributed by atoms with Crippen LogP contribution in [0.15, 0.2) is 55.2 Å². The molecular weight excluding hydrogens is 392 g/mol. The monoisotopic (exact) mass is 416 g/mol. The van der Waals surface area contributed by atoms with Crippen molar-refractivity contribution in [3.05, 3.63) is 66.6 Å². The second-order valence-electron chi connectivity index (χ2n) is 7.19. The number of aromatic nitrogens is 4. The topological polar surface area (TPSA) is 99.2 Å². The molecule has 4 rings (SSSR count). The van der Waals surface area contributed by atoms with Crippen LogP contribution in [0.2, 0.25) is 0 Å². The maximum absolute atomic E-state index is 12.6. The highest BCUT2D eigenvalue weighted by atomic mass is 16.1. The van der Waals surface area contributed by atoms with Crippen LogP contribution in [-0.4, -0.2) is 64.0 Å². The molecule has 31 heavy (non-hydrogen) atoms. The first-order valence-corrected chi connectivity index (χ1v) is 10.0. The minimum Gasteiger partial charge on any atom is -0.338 e. The number of carbonyl (C=O) groups excluding carboxylic acids is 1. The van der Waals surface area contributed by atoms with Crippen molar-refractivity contribution in [3.63, 3.8) is 0 Å². The van der Waals surface area contributed by atoms with Gasteiger partial charge >= 0.3 is 0 Å². The summed E-state index contributed by atoms with van der Waals surface area (Å²) in [6.07, 6.45) is 3.16. The lowest BCUT2D eigenvalue weighted by Crippen LogP contribution is -2.45. The standard InChI is InChI=1S/C22H24N8O/c1-3-18-25-21(28-22(27-18)30-13-11-29(2)12-14-30)26-19-15-16(9-10-23-19)20(31)24-17-7-5-4-6-8-17/h3-10,15H,1,11-14H2,2H3,(H,24,31)(H,23,25,26,27,28). The van der Waals surface area contributed by atoms with E-state index in [1.807, 2.05) is 30.3 Å². The Kier molecular flexibility index (Phi) is 6.13. The Balaban J connectivity index is 1.52. The zero-order chi connectivity index (χ0) is 21.6. The molecule has 1 fully saturated rings. The minimum atomic E-state index is -0.225. The van der Waals surface area contributed by atoms with Crippen LogP contribution in [0, 0.1) is 0 Å². The highest BCUT2D eigenvalue weighted by Gasteiger charge is 2.18. The van der Waals surface area contributed by atoms with E-state index in [9.17, 15) is 4.79 Å². The molecule has 1 amide bonds. The largest absolute Gasteiger partial charge is 0.338 e. The SMILES string of the molecule is C=Cc1nc(Nc2cc(C(=O)Nc3ccccc3)ccn2)nc(N2CCN(C)CC2)n1. The fraction of sp³-hybridized carbons (Fsp3) is 0.227. The van der Waals surface area contributed by atoms with E-state index >= 15 is 0 Å². The Morgan fingerprint density at radius 2 is 1.84 bits per heavy atom. The van der Waals surface area contributed by atoms with E-state index in [0.29, 0.717) is 29.1 Å². The molecule has 1 aliphatic heterocycles. The lowest BCUT2D eigenvalue weighted by molar-refractivity contribution is 0.102. The van der Waals surface area contributed by atoms with Crippen molar-refractivity contribution >= 4 is 35.4 Å². The van der Waals surface area contributed by atoms with Gasteiger partial charge in [-0.2, -0.15) is 15.0 Å². The van der Waals surface area contributed by atoms with Gasteiger partial charge in [0, 0.05) is 43.6 Å². The molecule has 2 aromatic heterocycles. The van der Waals surface area contributed by atoms with Gasteiger partial charge in [-0.25, -0.2) is 4.98 Å². The summed E-state index contributed by atoms with van der Waals surface area (Å²) in [7, 11) is 2.10. The Morgan fingerprint density at radius 1 is 1.06 bits per heavy atom. The van der Waals surface area contributed by atoms with Crippen molar-refractivity contribution < 1.29 is 4.79 Å². The second kappa shape index (κ2) is 9.31. The predicted molar refractivity (Wildman–Crippen MR) is 122 cm³/mol. The average Bonchev–Trinajstić information content (AvgIpc) is 2.80. The lowest BCUT2D eigenvalue weighted by Gasteiger charge is -2.32. The Bertz CT molecular complexity index is 1060. The van der Waals surface area contributed by atoms with Crippen molar-refractivity contribution in [2.45, 2.75) is 0 Å². The Morgan fingerprint density at radius 3 is 2.58 bits per heavy atom. The van der Waals surface area contributed by atoms with E-state index in [-0.39, 0.29) is 5.91 Å². The molecule has 2 N–H and O–H groups in total. The number of rotatable bonds is 6. The molecule has 0 aliphatic carbocycles. The van der Waals surface area contributed by atoms with E-state index in [2.05, 4.69) is 54.0 Å². The van der Waals surface area contributed by atoms with Crippen LogP contribution in [0.5, 0.6) is 0 Å². The molecule has 0 radical (unpaired) electrons. The molecule has 158 valence electrons. The third kappa shape index (κ3) is 5.20. The third-order valence-electron chi connectivity index (χ3n) is 4.90. The van der Waals surface area contributed by atoms with E-state index in [1.165, 1.54) is 0 Å². The summed E-state index contributed by atoms with van der Waals surface area (Å²) in [5, 5.41) is 5.95. The zero-order valence-corrected chi connectivity index (χ0v) is 17.3. The van der Waals surface area contributed by atoms with E-state index in [1.54, 1.807) is 24.4 Å². The van der Waals surface area contributed by atoms with Gasteiger partial charge in [-0.15, -0.1) is 0 Å². The fourth-order valence-corrected chi connectivity index (χ4v) is 3.16. The summed E-state index contributed by atoms with van der Waals surface area (Å²) in [5.41, 5.74) is 1.20. The minimum absolute atomic E-state index is 0.225. The number of anilines is 4. The molecule has 0 atom stereocenters. The van der Waals surface area contributed by atoms with Gasteiger partial charge in [-0.1, -0.05) is 24.8 Å². The summed E-state index contributed by atoms with van der Waals surface area (Å²) >= 11 is 0. The van der Waals surface area contributed by atoms with Gasteiger partial charge in [0.2, 0.25) is 11.9 Å². The number of para-hydroxylation sites is 1.